The minimum absolute atomic E-state index is 0.301. The number of allylic oxidation sites excluding steroid dienone is 5. The first-order valence-electron chi connectivity index (χ1n) is 12.2. The van der Waals surface area contributed by atoms with Crippen LogP contribution in [0.5, 0.6) is 0 Å². The van der Waals surface area contributed by atoms with E-state index in [4.69, 9.17) is 4.98 Å². The molecule has 1 aromatic heterocycles. The molecule has 2 nitrogen and oxygen atoms in total. The molecule has 1 N–H and O–H groups in total. The summed E-state index contributed by atoms with van der Waals surface area (Å²) >= 11 is 0. The van der Waals surface area contributed by atoms with E-state index in [0.29, 0.717) is 5.41 Å². The number of hydrogen-bond donors (Lipinski definition) is 1. The maximum Gasteiger partial charge on any atom is 0.0706 e. The number of aromatic nitrogens is 1. The Kier molecular flexibility index (Phi) is 21.9. The van der Waals surface area contributed by atoms with Crippen LogP contribution in [-0.4, -0.2) is 11.5 Å². The van der Waals surface area contributed by atoms with Gasteiger partial charge in [0.15, 0.2) is 0 Å². The van der Waals surface area contributed by atoms with Gasteiger partial charge in [-0.25, -0.2) is 0 Å². The van der Waals surface area contributed by atoms with Gasteiger partial charge in [-0.05, 0) is 50.7 Å². The van der Waals surface area contributed by atoms with Crippen molar-refractivity contribution < 1.29 is 0 Å². The van der Waals surface area contributed by atoms with E-state index in [-0.39, 0.29) is 0 Å². The van der Waals surface area contributed by atoms with Crippen molar-refractivity contribution in [2.75, 3.05) is 11.9 Å². The maximum atomic E-state index is 4.77. The molecule has 0 amide bonds. The van der Waals surface area contributed by atoms with E-state index in [1.165, 1.54) is 18.4 Å². The highest BCUT2D eigenvalue weighted by molar-refractivity contribution is 5.74. The lowest BCUT2D eigenvalue weighted by Crippen LogP contribution is -2.23. The topological polar surface area (TPSA) is 24.9 Å². The summed E-state index contributed by atoms with van der Waals surface area (Å²) in [4.78, 5) is 4.77. The molecule has 0 aromatic carbocycles. The Labute approximate surface area is 196 Å². The van der Waals surface area contributed by atoms with Gasteiger partial charge in [0.1, 0.15) is 0 Å². The van der Waals surface area contributed by atoms with E-state index in [0.717, 1.165) is 35.1 Å². The summed E-state index contributed by atoms with van der Waals surface area (Å²) in [5.74, 6) is 0.833. The molecule has 0 fully saturated rings. The number of anilines is 1. The van der Waals surface area contributed by atoms with Crippen LogP contribution in [0.4, 0.5) is 5.69 Å². The Morgan fingerprint density at radius 1 is 1.10 bits per heavy atom. The first-order chi connectivity index (χ1) is 14.5. The lowest BCUT2D eigenvalue weighted by Gasteiger charge is -2.25. The van der Waals surface area contributed by atoms with Gasteiger partial charge >= 0.3 is 0 Å². The fourth-order valence-electron chi connectivity index (χ4n) is 2.65. The fourth-order valence-corrected chi connectivity index (χ4v) is 2.65. The van der Waals surface area contributed by atoms with Crippen LogP contribution in [0.15, 0.2) is 42.5 Å². The van der Waals surface area contributed by atoms with Gasteiger partial charge in [0.25, 0.3) is 0 Å². The number of aryl methyl sites for hydroxylation is 1. The summed E-state index contributed by atoms with van der Waals surface area (Å²) in [6.45, 7) is 32.4. The average Bonchev–Trinajstić information content (AvgIpc) is 2.69. The third kappa shape index (κ3) is 18.6. The van der Waals surface area contributed by atoms with Crippen molar-refractivity contribution in [1.29, 1.82) is 0 Å². The summed E-state index contributed by atoms with van der Waals surface area (Å²) < 4.78 is 0. The highest BCUT2D eigenvalue weighted by Gasteiger charge is 2.16. The van der Waals surface area contributed by atoms with Gasteiger partial charge in [-0.15, -0.1) is 0 Å². The second-order valence-electron chi connectivity index (χ2n) is 8.91. The molecule has 1 heterocycles. The Balaban J connectivity index is -0.000000855. The van der Waals surface area contributed by atoms with Gasteiger partial charge in [-0.3, -0.25) is 4.98 Å². The van der Waals surface area contributed by atoms with Crippen LogP contribution < -0.4 is 5.32 Å². The molecule has 0 saturated carbocycles. The Hall–Kier alpha value is -1.83. The van der Waals surface area contributed by atoms with E-state index in [2.05, 4.69) is 92.4 Å². The van der Waals surface area contributed by atoms with Gasteiger partial charge in [-0.2, -0.15) is 0 Å². The molecule has 1 aromatic rings. The summed E-state index contributed by atoms with van der Waals surface area (Å²) in [6, 6.07) is 4.21. The largest absolute Gasteiger partial charge is 0.383 e. The van der Waals surface area contributed by atoms with Crippen LogP contribution >= 0.6 is 0 Å². The maximum absolute atomic E-state index is 4.77. The molecule has 0 spiro atoms. The molecule has 0 atom stereocenters. The molecule has 0 aliphatic rings. The molecule has 1 rings (SSSR count). The Morgan fingerprint density at radius 2 is 1.61 bits per heavy atom. The van der Waals surface area contributed by atoms with Crippen molar-refractivity contribution >= 4 is 11.3 Å². The number of nitrogens with one attached hydrogen (secondary N) is 1. The third-order valence-electron chi connectivity index (χ3n) is 3.81. The van der Waals surface area contributed by atoms with Crippen LogP contribution in [0.25, 0.3) is 5.57 Å². The first-order valence-corrected chi connectivity index (χ1v) is 12.2. The quantitative estimate of drug-likeness (QED) is 0.415. The third-order valence-corrected chi connectivity index (χ3v) is 3.81. The second kappa shape index (κ2) is 20.1. The summed E-state index contributed by atoms with van der Waals surface area (Å²) in [5.41, 5.74) is 5.79. The molecule has 0 unspecified atom stereocenters. The van der Waals surface area contributed by atoms with Gasteiger partial charge in [0.05, 0.1) is 17.1 Å². The van der Waals surface area contributed by atoms with Crippen LogP contribution in [0.2, 0.25) is 0 Å². The highest BCUT2D eigenvalue weighted by Crippen LogP contribution is 2.25. The van der Waals surface area contributed by atoms with E-state index in [9.17, 15) is 0 Å². The Morgan fingerprint density at radius 3 is 2.00 bits per heavy atom. The van der Waals surface area contributed by atoms with Gasteiger partial charge in [0.2, 0.25) is 0 Å². The van der Waals surface area contributed by atoms with Crippen LogP contribution in [0.1, 0.15) is 107 Å². The highest BCUT2D eigenvalue weighted by atomic mass is 14.9. The molecule has 0 bridgehead atoms. The molecule has 180 valence electrons. The molecule has 0 aliphatic carbocycles. The molecule has 0 saturated heterocycles. The summed E-state index contributed by atoms with van der Waals surface area (Å²) in [6.07, 6.45) is 8.39. The number of hydrogen-bond acceptors (Lipinski definition) is 2. The van der Waals surface area contributed by atoms with Gasteiger partial charge in [0, 0.05) is 12.1 Å². The van der Waals surface area contributed by atoms with Crippen LogP contribution in [0.3, 0.4) is 0 Å². The minimum atomic E-state index is 0.301. The lowest BCUT2D eigenvalue weighted by molar-refractivity contribution is 0.354. The molecule has 0 aliphatic heterocycles. The van der Waals surface area contributed by atoms with E-state index < -0.39 is 0 Å². The van der Waals surface area contributed by atoms with Crippen molar-refractivity contribution in [3.63, 3.8) is 0 Å². The zero-order valence-electron chi connectivity index (χ0n) is 23.2. The number of pyridine rings is 1. The minimum Gasteiger partial charge on any atom is -0.383 e. The zero-order chi connectivity index (χ0) is 25.0. The van der Waals surface area contributed by atoms with Crippen molar-refractivity contribution in [3.05, 3.63) is 53.9 Å². The van der Waals surface area contributed by atoms with E-state index >= 15 is 0 Å². The number of nitrogens with zero attached hydrogens (tertiary/aromatic N) is 1. The fraction of sp³-hybridized carbons (Fsp3) is 0.621. The molecule has 31 heavy (non-hydrogen) atoms. The SMILES string of the molecule is C=C/C=C(\C=C(C)C)c1ccc(NCC(C)(C)CCC)c(C)n1.CC.CC.CC(C)C. The van der Waals surface area contributed by atoms with Crippen LogP contribution in [-0.2, 0) is 0 Å². The monoisotopic (exact) mass is 430 g/mol. The average molecular weight is 431 g/mol. The second-order valence-corrected chi connectivity index (χ2v) is 8.91. The lowest BCUT2D eigenvalue weighted by atomic mass is 9.88. The smallest absolute Gasteiger partial charge is 0.0706 e. The first kappa shape index (κ1) is 33.8. The van der Waals surface area contributed by atoms with E-state index in [1.54, 1.807) is 0 Å². The zero-order valence-corrected chi connectivity index (χ0v) is 23.2. The standard InChI is InChI=1S/C21H32N2.C4H10.2C2H6/c1-8-10-18(14-16(3)4)20-12-11-19(17(5)23-20)22-15-21(6,7)13-9-2;1-4(2)3;2*1-2/h8,10-12,14,22H,1,9,13,15H2,2-7H3;4H,1-3H3;2*1-2H3/b18-10+;;;. The number of rotatable bonds is 8. The molecule has 2 heteroatoms. The summed E-state index contributed by atoms with van der Waals surface area (Å²) in [5, 5.41) is 3.56. The predicted molar refractivity (Wildman–Crippen MR) is 147 cm³/mol. The molecular weight excluding hydrogens is 376 g/mol. The van der Waals surface area contributed by atoms with Gasteiger partial charge in [-0.1, -0.05) is 106 Å². The summed E-state index contributed by atoms with van der Waals surface area (Å²) in [7, 11) is 0. The van der Waals surface area contributed by atoms with Crippen molar-refractivity contribution in [3.8, 4) is 0 Å². The predicted octanol–water partition coefficient (Wildman–Crippen LogP) is 9.88. The molecular formula is C29H54N2. The van der Waals surface area contributed by atoms with Gasteiger partial charge < -0.3 is 5.32 Å². The normalized spacial score (nSPS) is 10.5. The van der Waals surface area contributed by atoms with Crippen LogP contribution in [0, 0.1) is 18.3 Å². The van der Waals surface area contributed by atoms with Crippen molar-refractivity contribution in [2.24, 2.45) is 11.3 Å². The van der Waals surface area contributed by atoms with Crippen molar-refractivity contribution in [2.45, 2.75) is 103 Å². The Bertz CT molecular complexity index is 627. The van der Waals surface area contributed by atoms with Crippen molar-refractivity contribution in [1.82, 2.24) is 4.98 Å². The molecule has 0 radical (unpaired) electrons. The van der Waals surface area contributed by atoms with E-state index in [1.807, 2.05) is 39.8 Å².